The van der Waals surface area contributed by atoms with E-state index < -0.39 is 0 Å². The molecule has 3 aromatic rings. The number of nitrogens with zero attached hydrogens (tertiary/aromatic N) is 3. The van der Waals surface area contributed by atoms with Crippen molar-refractivity contribution in [1.29, 1.82) is 0 Å². The lowest BCUT2D eigenvalue weighted by Crippen LogP contribution is -2.24. The molecule has 0 amide bonds. The maximum absolute atomic E-state index is 12.8. The van der Waals surface area contributed by atoms with Gasteiger partial charge in [-0.25, -0.2) is 10.4 Å². The summed E-state index contributed by atoms with van der Waals surface area (Å²) in [6.07, 6.45) is 2.43. The molecule has 0 bridgehead atoms. The summed E-state index contributed by atoms with van der Waals surface area (Å²) in [5, 5.41) is 4.86. The van der Waals surface area contributed by atoms with Crippen LogP contribution < -0.4 is 11.0 Å². The number of hydrogen-bond acceptors (Lipinski definition) is 5. The van der Waals surface area contributed by atoms with Crippen molar-refractivity contribution in [2.24, 2.45) is 5.10 Å². The molecule has 0 aliphatic heterocycles. The van der Waals surface area contributed by atoms with E-state index >= 15 is 0 Å². The molecule has 0 saturated carbocycles. The minimum atomic E-state index is -0.0834. The standard InChI is InChI=1S/C20H22N4O2/c1-15-7-5-8-16(13-15)14-21-23-20-22-18-10-4-3-9-17(18)19(25)24(20)11-6-12-26-2/h3-5,7-10,13-14H,6,11-12H2,1-2H3,(H,22,23)/b21-14-. The maximum atomic E-state index is 12.8. The van der Waals surface area contributed by atoms with E-state index in [-0.39, 0.29) is 5.56 Å². The van der Waals surface area contributed by atoms with Gasteiger partial charge in [-0.2, -0.15) is 5.10 Å². The molecule has 2 aromatic carbocycles. The monoisotopic (exact) mass is 350 g/mol. The minimum absolute atomic E-state index is 0.0834. The first-order chi connectivity index (χ1) is 12.7. The van der Waals surface area contributed by atoms with Gasteiger partial charge in [-0.15, -0.1) is 0 Å². The van der Waals surface area contributed by atoms with Gasteiger partial charge in [-0.3, -0.25) is 9.36 Å². The van der Waals surface area contributed by atoms with E-state index in [9.17, 15) is 4.79 Å². The van der Waals surface area contributed by atoms with Crippen LogP contribution in [0.1, 0.15) is 17.5 Å². The van der Waals surface area contributed by atoms with Crippen LogP contribution in [-0.4, -0.2) is 29.5 Å². The summed E-state index contributed by atoms with van der Waals surface area (Å²) in [6, 6.07) is 15.3. The number of rotatable bonds is 7. The van der Waals surface area contributed by atoms with Gasteiger partial charge in [0.1, 0.15) is 0 Å². The van der Waals surface area contributed by atoms with Crippen molar-refractivity contribution in [2.75, 3.05) is 19.1 Å². The van der Waals surface area contributed by atoms with Crippen LogP contribution in [0.2, 0.25) is 0 Å². The molecule has 1 aromatic heterocycles. The van der Waals surface area contributed by atoms with Gasteiger partial charge in [-0.1, -0.05) is 42.0 Å². The Labute approximate surface area is 152 Å². The highest BCUT2D eigenvalue weighted by Gasteiger charge is 2.10. The first-order valence-corrected chi connectivity index (χ1v) is 8.53. The number of benzene rings is 2. The van der Waals surface area contributed by atoms with Crippen molar-refractivity contribution in [3.8, 4) is 0 Å². The fraction of sp³-hybridized carbons (Fsp3) is 0.250. The fourth-order valence-electron chi connectivity index (χ4n) is 2.74. The van der Waals surface area contributed by atoms with E-state index in [1.165, 1.54) is 0 Å². The molecule has 0 spiro atoms. The summed E-state index contributed by atoms with van der Waals surface area (Å²) in [6.45, 7) is 3.11. The van der Waals surface area contributed by atoms with Crippen LogP contribution in [0.15, 0.2) is 58.4 Å². The SMILES string of the molecule is COCCCn1c(N/N=C\c2cccc(C)c2)nc2ccccc2c1=O. The van der Waals surface area contributed by atoms with Gasteiger partial charge in [0.05, 0.1) is 17.1 Å². The van der Waals surface area contributed by atoms with Crippen molar-refractivity contribution in [2.45, 2.75) is 19.9 Å². The highest BCUT2D eigenvalue weighted by Crippen LogP contribution is 2.12. The average Bonchev–Trinajstić information content (AvgIpc) is 2.64. The van der Waals surface area contributed by atoms with Crippen molar-refractivity contribution < 1.29 is 4.74 Å². The first kappa shape index (κ1) is 17.8. The molecule has 0 atom stereocenters. The number of methoxy groups -OCH3 is 1. The lowest BCUT2D eigenvalue weighted by molar-refractivity contribution is 0.190. The Morgan fingerprint density at radius 3 is 2.88 bits per heavy atom. The van der Waals surface area contributed by atoms with Crippen LogP contribution in [0.5, 0.6) is 0 Å². The lowest BCUT2D eigenvalue weighted by Gasteiger charge is -2.12. The zero-order valence-corrected chi connectivity index (χ0v) is 15.0. The van der Waals surface area contributed by atoms with E-state index in [2.05, 4.69) is 15.5 Å². The molecule has 0 radical (unpaired) electrons. The third kappa shape index (κ3) is 4.15. The second-order valence-corrected chi connectivity index (χ2v) is 6.04. The summed E-state index contributed by atoms with van der Waals surface area (Å²) in [7, 11) is 1.65. The van der Waals surface area contributed by atoms with E-state index in [0.717, 1.165) is 11.1 Å². The van der Waals surface area contributed by atoms with Gasteiger partial charge in [0, 0.05) is 20.3 Å². The zero-order valence-electron chi connectivity index (χ0n) is 15.0. The van der Waals surface area contributed by atoms with Crippen molar-refractivity contribution in [1.82, 2.24) is 9.55 Å². The molecule has 0 fully saturated rings. The Balaban J connectivity index is 1.92. The second-order valence-electron chi connectivity index (χ2n) is 6.04. The maximum Gasteiger partial charge on any atom is 0.262 e. The largest absolute Gasteiger partial charge is 0.385 e. The van der Waals surface area contributed by atoms with Gasteiger partial charge in [0.15, 0.2) is 0 Å². The number of para-hydroxylation sites is 1. The Hall–Kier alpha value is -2.99. The number of aromatic nitrogens is 2. The van der Waals surface area contributed by atoms with Crippen LogP contribution >= 0.6 is 0 Å². The van der Waals surface area contributed by atoms with Gasteiger partial charge in [-0.05, 0) is 31.0 Å². The van der Waals surface area contributed by atoms with Crippen LogP contribution in [0.25, 0.3) is 10.9 Å². The topological polar surface area (TPSA) is 68.5 Å². The van der Waals surface area contributed by atoms with Gasteiger partial charge >= 0.3 is 0 Å². The van der Waals surface area contributed by atoms with Gasteiger partial charge < -0.3 is 4.74 Å². The number of nitrogens with one attached hydrogen (secondary N) is 1. The Morgan fingerprint density at radius 1 is 1.23 bits per heavy atom. The predicted molar refractivity (Wildman–Crippen MR) is 105 cm³/mol. The Kier molecular flexibility index (Phi) is 5.76. The van der Waals surface area contributed by atoms with E-state index in [0.29, 0.717) is 36.4 Å². The normalized spacial score (nSPS) is 11.3. The molecule has 3 rings (SSSR count). The first-order valence-electron chi connectivity index (χ1n) is 8.53. The number of fused-ring (bicyclic) bond motifs is 1. The lowest BCUT2D eigenvalue weighted by atomic mass is 10.2. The van der Waals surface area contributed by atoms with E-state index in [4.69, 9.17) is 4.74 Å². The highest BCUT2D eigenvalue weighted by molar-refractivity contribution is 5.81. The molecule has 0 aliphatic rings. The van der Waals surface area contributed by atoms with E-state index in [1.54, 1.807) is 24.0 Å². The third-order valence-corrected chi connectivity index (χ3v) is 4.01. The summed E-state index contributed by atoms with van der Waals surface area (Å²) in [4.78, 5) is 17.4. The molecule has 6 nitrogen and oxygen atoms in total. The highest BCUT2D eigenvalue weighted by atomic mass is 16.5. The summed E-state index contributed by atoms with van der Waals surface area (Å²) < 4.78 is 6.70. The predicted octanol–water partition coefficient (Wildman–Crippen LogP) is 3.19. The van der Waals surface area contributed by atoms with E-state index in [1.807, 2.05) is 49.4 Å². The van der Waals surface area contributed by atoms with Crippen LogP contribution in [-0.2, 0) is 11.3 Å². The molecule has 134 valence electrons. The van der Waals surface area contributed by atoms with Gasteiger partial charge in [0.25, 0.3) is 5.56 Å². The van der Waals surface area contributed by atoms with Crippen LogP contribution in [0.3, 0.4) is 0 Å². The molecular formula is C20H22N4O2. The molecule has 0 unspecified atom stereocenters. The van der Waals surface area contributed by atoms with Crippen LogP contribution in [0.4, 0.5) is 5.95 Å². The minimum Gasteiger partial charge on any atom is -0.385 e. The summed E-state index contributed by atoms with van der Waals surface area (Å²) in [5.74, 6) is 0.425. The number of hydrazone groups is 1. The van der Waals surface area contributed by atoms with Crippen molar-refractivity contribution in [3.63, 3.8) is 0 Å². The zero-order chi connectivity index (χ0) is 18.4. The number of ether oxygens (including phenoxy) is 1. The fourth-order valence-corrected chi connectivity index (χ4v) is 2.74. The molecule has 1 N–H and O–H groups in total. The second kappa shape index (κ2) is 8.40. The Morgan fingerprint density at radius 2 is 2.08 bits per heavy atom. The molecular weight excluding hydrogens is 328 g/mol. The molecule has 26 heavy (non-hydrogen) atoms. The van der Waals surface area contributed by atoms with Crippen molar-refractivity contribution >= 4 is 23.1 Å². The average molecular weight is 350 g/mol. The molecule has 0 aliphatic carbocycles. The van der Waals surface area contributed by atoms with Gasteiger partial charge in [0.2, 0.25) is 5.95 Å². The summed E-state index contributed by atoms with van der Waals surface area (Å²) >= 11 is 0. The third-order valence-electron chi connectivity index (χ3n) is 4.01. The van der Waals surface area contributed by atoms with Crippen LogP contribution in [0, 0.1) is 6.92 Å². The Bertz CT molecular complexity index is 979. The summed E-state index contributed by atoms with van der Waals surface area (Å²) in [5.41, 5.74) is 5.62. The number of anilines is 1. The van der Waals surface area contributed by atoms with Crippen molar-refractivity contribution in [3.05, 3.63) is 70.0 Å². The molecule has 1 heterocycles. The molecule has 6 heteroatoms. The quantitative estimate of drug-likeness (QED) is 0.404. The number of hydrogen-bond donors (Lipinski definition) is 1. The molecule has 0 saturated heterocycles. The smallest absolute Gasteiger partial charge is 0.262 e. The number of aryl methyl sites for hydroxylation is 1.